The van der Waals surface area contributed by atoms with E-state index < -0.39 is 4.92 Å². The molecule has 0 unspecified atom stereocenters. The average Bonchev–Trinajstić information content (AvgIpc) is 2.39. The Morgan fingerprint density at radius 1 is 1.37 bits per heavy atom. The molecule has 2 aromatic rings. The van der Waals surface area contributed by atoms with E-state index in [1.807, 2.05) is 13.8 Å². The Kier molecular flexibility index (Phi) is 3.70. The van der Waals surface area contributed by atoms with E-state index in [1.165, 1.54) is 6.07 Å². The monoisotopic (exact) mass is 258 g/mol. The Labute approximate surface area is 110 Å². The first kappa shape index (κ1) is 12.9. The van der Waals surface area contributed by atoms with Crippen molar-refractivity contribution >= 4 is 11.5 Å². The SMILES string of the molecule is CCNc1ccc([N+](=O)[O-])c(-c2ccnc(C)c2)n1. The van der Waals surface area contributed by atoms with Gasteiger partial charge in [-0.15, -0.1) is 0 Å². The summed E-state index contributed by atoms with van der Waals surface area (Å²) in [5, 5.41) is 14.1. The van der Waals surface area contributed by atoms with Gasteiger partial charge in [0, 0.05) is 30.1 Å². The first-order chi connectivity index (χ1) is 9.11. The fourth-order valence-corrected chi connectivity index (χ4v) is 1.78. The Hall–Kier alpha value is -2.50. The van der Waals surface area contributed by atoms with Gasteiger partial charge in [-0.2, -0.15) is 0 Å². The van der Waals surface area contributed by atoms with Crippen LogP contribution >= 0.6 is 0 Å². The van der Waals surface area contributed by atoms with E-state index in [1.54, 1.807) is 24.4 Å². The van der Waals surface area contributed by atoms with E-state index in [0.29, 0.717) is 23.6 Å². The van der Waals surface area contributed by atoms with Gasteiger partial charge in [0.1, 0.15) is 5.82 Å². The molecule has 1 N–H and O–H groups in total. The molecule has 0 spiro atoms. The predicted molar refractivity (Wildman–Crippen MR) is 73.0 cm³/mol. The Balaban J connectivity index is 2.57. The third kappa shape index (κ3) is 2.85. The van der Waals surface area contributed by atoms with Gasteiger partial charge in [-0.05, 0) is 32.0 Å². The summed E-state index contributed by atoms with van der Waals surface area (Å²) in [7, 11) is 0. The average molecular weight is 258 g/mol. The maximum Gasteiger partial charge on any atom is 0.295 e. The Bertz CT molecular complexity index is 613. The normalized spacial score (nSPS) is 10.2. The lowest BCUT2D eigenvalue weighted by Gasteiger charge is -2.07. The van der Waals surface area contributed by atoms with Gasteiger partial charge in [-0.1, -0.05) is 0 Å². The fraction of sp³-hybridized carbons (Fsp3) is 0.231. The molecule has 2 aromatic heterocycles. The van der Waals surface area contributed by atoms with Crippen molar-refractivity contribution in [2.75, 3.05) is 11.9 Å². The van der Waals surface area contributed by atoms with Crippen LogP contribution < -0.4 is 5.32 Å². The highest BCUT2D eigenvalue weighted by atomic mass is 16.6. The molecule has 6 nitrogen and oxygen atoms in total. The maximum atomic E-state index is 11.1. The summed E-state index contributed by atoms with van der Waals surface area (Å²) in [6, 6.07) is 6.58. The molecule has 0 aliphatic rings. The van der Waals surface area contributed by atoms with Crippen LogP contribution in [0.5, 0.6) is 0 Å². The van der Waals surface area contributed by atoms with Crippen LogP contribution in [0, 0.1) is 17.0 Å². The second-order valence-corrected chi connectivity index (χ2v) is 4.04. The summed E-state index contributed by atoms with van der Waals surface area (Å²) in [4.78, 5) is 19.1. The number of hydrogen-bond donors (Lipinski definition) is 1. The molecule has 0 bridgehead atoms. The minimum Gasteiger partial charge on any atom is -0.370 e. The van der Waals surface area contributed by atoms with Crippen molar-refractivity contribution in [1.29, 1.82) is 0 Å². The summed E-state index contributed by atoms with van der Waals surface area (Å²) in [6.07, 6.45) is 1.62. The standard InChI is InChI=1S/C13H14N4O2/c1-3-14-12-5-4-11(17(18)19)13(16-12)10-6-7-15-9(2)8-10/h4-8H,3H2,1-2H3,(H,14,16). The third-order valence-corrected chi connectivity index (χ3v) is 2.60. The molecule has 0 saturated carbocycles. The quantitative estimate of drug-likeness (QED) is 0.673. The number of anilines is 1. The molecule has 0 amide bonds. The van der Waals surface area contributed by atoms with E-state index in [2.05, 4.69) is 15.3 Å². The predicted octanol–water partition coefficient (Wildman–Crippen LogP) is 2.79. The number of pyridine rings is 2. The van der Waals surface area contributed by atoms with Crippen LogP contribution in [0.15, 0.2) is 30.5 Å². The van der Waals surface area contributed by atoms with E-state index >= 15 is 0 Å². The van der Waals surface area contributed by atoms with E-state index in [0.717, 1.165) is 5.69 Å². The van der Waals surface area contributed by atoms with Gasteiger partial charge in [-0.3, -0.25) is 15.1 Å². The summed E-state index contributed by atoms with van der Waals surface area (Å²) < 4.78 is 0. The summed E-state index contributed by atoms with van der Waals surface area (Å²) in [5.41, 5.74) is 1.84. The zero-order valence-corrected chi connectivity index (χ0v) is 10.8. The highest BCUT2D eigenvalue weighted by molar-refractivity contribution is 5.71. The van der Waals surface area contributed by atoms with Gasteiger partial charge in [-0.25, -0.2) is 4.98 Å². The van der Waals surface area contributed by atoms with Crippen LogP contribution in [0.1, 0.15) is 12.6 Å². The van der Waals surface area contributed by atoms with E-state index in [-0.39, 0.29) is 5.69 Å². The van der Waals surface area contributed by atoms with Crippen molar-refractivity contribution in [3.8, 4) is 11.3 Å². The molecule has 98 valence electrons. The Morgan fingerprint density at radius 2 is 2.16 bits per heavy atom. The molecule has 0 radical (unpaired) electrons. The van der Waals surface area contributed by atoms with Gasteiger partial charge in [0.05, 0.1) is 4.92 Å². The number of rotatable bonds is 4. The van der Waals surface area contributed by atoms with E-state index in [9.17, 15) is 10.1 Å². The molecule has 2 rings (SSSR count). The molecule has 0 aromatic carbocycles. The highest BCUT2D eigenvalue weighted by Crippen LogP contribution is 2.29. The number of nitrogens with one attached hydrogen (secondary N) is 1. The van der Waals surface area contributed by atoms with E-state index in [4.69, 9.17) is 0 Å². The third-order valence-electron chi connectivity index (χ3n) is 2.60. The van der Waals surface area contributed by atoms with Crippen molar-refractivity contribution in [2.24, 2.45) is 0 Å². The van der Waals surface area contributed by atoms with Crippen molar-refractivity contribution in [1.82, 2.24) is 9.97 Å². The smallest absolute Gasteiger partial charge is 0.295 e. The minimum atomic E-state index is -0.423. The number of aromatic nitrogens is 2. The first-order valence-corrected chi connectivity index (χ1v) is 5.94. The fourth-order valence-electron chi connectivity index (χ4n) is 1.78. The van der Waals surface area contributed by atoms with Crippen LogP contribution in [-0.2, 0) is 0 Å². The zero-order chi connectivity index (χ0) is 13.8. The van der Waals surface area contributed by atoms with Crippen LogP contribution in [0.25, 0.3) is 11.3 Å². The number of nitro groups is 1. The lowest BCUT2D eigenvalue weighted by atomic mass is 10.1. The summed E-state index contributed by atoms with van der Waals surface area (Å²) in [6.45, 7) is 4.49. The van der Waals surface area contributed by atoms with Crippen LogP contribution in [0.2, 0.25) is 0 Å². The summed E-state index contributed by atoms with van der Waals surface area (Å²) >= 11 is 0. The minimum absolute atomic E-state index is 0.00717. The largest absolute Gasteiger partial charge is 0.370 e. The van der Waals surface area contributed by atoms with Crippen LogP contribution in [0.3, 0.4) is 0 Å². The lowest BCUT2D eigenvalue weighted by molar-refractivity contribution is -0.384. The van der Waals surface area contributed by atoms with Gasteiger partial charge in [0.15, 0.2) is 5.69 Å². The first-order valence-electron chi connectivity index (χ1n) is 5.94. The van der Waals surface area contributed by atoms with Gasteiger partial charge in [0.25, 0.3) is 5.69 Å². The van der Waals surface area contributed by atoms with Gasteiger partial charge < -0.3 is 5.32 Å². The molecule has 19 heavy (non-hydrogen) atoms. The van der Waals surface area contributed by atoms with Gasteiger partial charge >= 0.3 is 0 Å². The number of hydrogen-bond acceptors (Lipinski definition) is 5. The van der Waals surface area contributed by atoms with Gasteiger partial charge in [0.2, 0.25) is 0 Å². The molecule has 0 aliphatic carbocycles. The molecule has 0 saturated heterocycles. The van der Waals surface area contributed by atoms with Crippen molar-refractivity contribution in [3.63, 3.8) is 0 Å². The molecule has 2 heterocycles. The molecular formula is C13H14N4O2. The number of nitrogens with zero attached hydrogens (tertiary/aromatic N) is 3. The van der Waals surface area contributed by atoms with Crippen LogP contribution in [-0.4, -0.2) is 21.4 Å². The Morgan fingerprint density at radius 3 is 2.79 bits per heavy atom. The second-order valence-electron chi connectivity index (χ2n) is 4.04. The lowest BCUT2D eigenvalue weighted by Crippen LogP contribution is -2.02. The molecule has 0 fully saturated rings. The molecule has 6 heteroatoms. The topological polar surface area (TPSA) is 81.0 Å². The summed E-state index contributed by atoms with van der Waals surface area (Å²) in [5.74, 6) is 0.623. The molecule has 0 atom stereocenters. The van der Waals surface area contributed by atoms with Crippen molar-refractivity contribution in [2.45, 2.75) is 13.8 Å². The molecule has 0 aliphatic heterocycles. The van der Waals surface area contributed by atoms with Crippen molar-refractivity contribution < 1.29 is 4.92 Å². The van der Waals surface area contributed by atoms with Crippen molar-refractivity contribution in [3.05, 3.63) is 46.3 Å². The maximum absolute atomic E-state index is 11.1. The second kappa shape index (κ2) is 5.43. The molecular weight excluding hydrogens is 244 g/mol. The number of aryl methyl sites for hydroxylation is 1. The zero-order valence-electron chi connectivity index (χ0n) is 10.8. The van der Waals surface area contributed by atoms with Crippen LogP contribution in [0.4, 0.5) is 11.5 Å². The highest BCUT2D eigenvalue weighted by Gasteiger charge is 2.17.